The Hall–Kier alpha value is -3.35. The molecule has 2 aromatic rings. The Kier molecular flexibility index (Phi) is 7.83. The number of anilines is 2. The molecule has 34 heavy (non-hydrogen) atoms. The van der Waals surface area contributed by atoms with Crippen molar-refractivity contribution in [3.05, 3.63) is 53.1 Å². The molecule has 1 fully saturated rings. The van der Waals surface area contributed by atoms with E-state index in [0.717, 1.165) is 41.1 Å². The van der Waals surface area contributed by atoms with E-state index in [1.54, 1.807) is 12.1 Å². The second kappa shape index (κ2) is 11.2. The Labute approximate surface area is 200 Å². The summed E-state index contributed by atoms with van der Waals surface area (Å²) in [6, 6.07) is 11.3. The molecule has 0 spiro atoms. The van der Waals surface area contributed by atoms with Crippen molar-refractivity contribution in [2.24, 2.45) is 0 Å². The molecular weight excluding hydrogens is 430 g/mol. The Balaban J connectivity index is 1.21. The highest BCUT2D eigenvalue weighted by atomic mass is 16.5. The molecule has 0 radical (unpaired) electrons. The molecule has 3 N–H and O–H groups in total. The smallest absolute Gasteiger partial charge is 0.251 e. The SMILES string of the molecule is Cc1cc(C(=O)NC2CCCCC2)ccc1NC(=O)CCCOc1ccc2c(c1)CCC(=O)N2. The number of benzene rings is 2. The van der Waals surface area contributed by atoms with Gasteiger partial charge in [-0.15, -0.1) is 0 Å². The molecule has 1 aliphatic heterocycles. The monoisotopic (exact) mass is 463 g/mol. The standard InChI is InChI=1S/C27H33N3O4/c1-18-16-20(27(33)28-21-6-3-2-4-7-21)9-12-23(18)29-25(31)8-5-15-34-22-11-13-24-19(17-22)10-14-26(32)30-24/h9,11-13,16-17,21H,2-8,10,14-15H2,1H3,(H,28,33)(H,29,31)(H,30,32). The van der Waals surface area contributed by atoms with Gasteiger partial charge in [-0.1, -0.05) is 19.3 Å². The molecule has 2 aromatic carbocycles. The molecule has 1 aliphatic carbocycles. The number of carbonyl (C=O) groups is 3. The van der Waals surface area contributed by atoms with E-state index >= 15 is 0 Å². The van der Waals surface area contributed by atoms with E-state index in [4.69, 9.17) is 4.74 Å². The van der Waals surface area contributed by atoms with Crippen LogP contribution in [0.5, 0.6) is 5.75 Å². The lowest BCUT2D eigenvalue weighted by atomic mass is 9.95. The van der Waals surface area contributed by atoms with Crippen molar-refractivity contribution >= 4 is 29.1 Å². The molecule has 2 aliphatic rings. The number of nitrogens with one attached hydrogen (secondary N) is 3. The van der Waals surface area contributed by atoms with Gasteiger partial charge in [0.1, 0.15) is 5.75 Å². The van der Waals surface area contributed by atoms with Crippen molar-refractivity contribution in [3.63, 3.8) is 0 Å². The highest BCUT2D eigenvalue weighted by molar-refractivity contribution is 5.97. The molecule has 3 amide bonds. The van der Waals surface area contributed by atoms with Gasteiger partial charge in [0.15, 0.2) is 0 Å². The van der Waals surface area contributed by atoms with Crippen LogP contribution in [0.3, 0.4) is 0 Å². The Morgan fingerprint density at radius 2 is 1.88 bits per heavy atom. The Morgan fingerprint density at radius 1 is 1.06 bits per heavy atom. The largest absolute Gasteiger partial charge is 0.494 e. The van der Waals surface area contributed by atoms with Gasteiger partial charge >= 0.3 is 0 Å². The molecule has 7 heteroatoms. The summed E-state index contributed by atoms with van der Waals surface area (Å²) >= 11 is 0. The minimum Gasteiger partial charge on any atom is -0.494 e. The summed E-state index contributed by atoms with van der Waals surface area (Å²) in [7, 11) is 0. The zero-order chi connectivity index (χ0) is 23.9. The van der Waals surface area contributed by atoms with E-state index in [-0.39, 0.29) is 23.8 Å². The summed E-state index contributed by atoms with van der Waals surface area (Å²) in [5, 5.41) is 8.92. The van der Waals surface area contributed by atoms with Gasteiger partial charge in [0.05, 0.1) is 6.61 Å². The molecule has 1 heterocycles. The molecular formula is C27H33N3O4. The van der Waals surface area contributed by atoms with Crippen molar-refractivity contribution in [2.45, 2.75) is 70.8 Å². The van der Waals surface area contributed by atoms with Gasteiger partial charge in [0, 0.05) is 35.8 Å². The number of hydrogen-bond donors (Lipinski definition) is 3. The fourth-order valence-electron chi connectivity index (χ4n) is 4.55. The van der Waals surface area contributed by atoms with Crippen molar-refractivity contribution in [1.82, 2.24) is 5.32 Å². The van der Waals surface area contributed by atoms with Crippen LogP contribution in [0.15, 0.2) is 36.4 Å². The van der Waals surface area contributed by atoms with Gasteiger partial charge in [-0.2, -0.15) is 0 Å². The molecule has 0 aromatic heterocycles. The number of rotatable bonds is 8. The zero-order valence-electron chi connectivity index (χ0n) is 19.7. The third-order valence-corrected chi connectivity index (χ3v) is 6.49. The summed E-state index contributed by atoms with van der Waals surface area (Å²) < 4.78 is 5.79. The zero-order valence-corrected chi connectivity index (χ0v) is 19.7. The lowest BCUT2D eigenvalue weighted by Crippen LogP contribution is -2.36. The summed E-state index contributed by atoms with van der Waals surface area (Å²) in [4.78, 5) is 36.4. The molecule has 4 rings (SSSR count). The van der Waals surface area contributed by atoms with E-state index in [9.17, 15) is 14.4 Å². The average Bonchev–Trinajstić information content (AvgIpc) is 2.83. The normalized spacial score (nSPS) is 15.7. The van der Waals surface area contributed by atoms with Gasteiger partial charge < -0.3 is 20.7 Å². The van der Waals surface area contributed by atoms with Gasteiger partial charge in [0.25, 0.3) is 5.91 Å². The summed E-state index contributed by atoms with van der Waals surface area (Å²) in [5.74, 6) is 0.654. The first kappa shape index (κ1) is 23.8. The number of ether oxygens (including phenoxy) is 1. The van der Waals surface area contributed by atoms with Crippen LogP contribution >= 0.6 is 0 Å². The highest BCUT2D eigenvalue weighted by Gasteiger charge is 2.18. The predicted octanol–water partition coefficient (Wildman–Crippen LogP) is 4.74. The van der Waals surface area contributed by atoms with Gasteiger partial charge in [-0.3, -0.25) is 14.4 Å². The number of carbonyl (C=O) groups excluding carboxylic acids is 3. The van der Waals surface area contributed by atoms with Crippen molar-refractivity contribution in [1.29, 1.82) is 0 Å². The molecule has 7 nitrogen and oxygen atoms in total. The molecule has 180 valence electrons. The highest BCUT2D eigenvalue weighted by Crippen LogP contribution is 2.27. The van der Waals surface area contributed by atoms with Crippen LogP contribution in [0.4, 0.5) is 11.4 Å². The van der Waals surface area contributed by atoms with Crippen LogP contribution in [0.1, 0.15) is 72.9 Å². The van der Waals surface area contributed by atoms with Gasteiger partial charge in [0.2, 0.25) is 11.8 Å². The van der Waals surface area contributed by atoms with E-state index in [1.165, 1.54) is 19.3 Å². The van der Waals surface area contributed by atoms with Crippen LogP contribution < -0.4 is 20.7 Å². The summed E-state index contributed by atoms with van der Waals surface area (Å²) in [6.45, 7) is 2.33. The fourth-order valence-corrected chi connectivity index (χ4v) is 4.55. The van der Waals surface area contributed by atoms with E-state index in [1.807, 2.05) is 31.2 Å². The number of hydrogen-bond acceptors (Lipinski definition) is 4. The third kappa shape index (κ3) is 6.37. The second-order valence-corrected chi connectivity index (χ2v) is 9.21. The average molecular weight is 464 g/mol. The number of amides is 3. The molecule has 1 saturated carbocycles. The second-order valence-electron chi connectivity index (χ2n) is 9.21. The van der Waals surface area contributed by atoms with E-state index in [2.05, 4.69) is 16.0 Å². The molecule has 0 atom stereocenters. The van der Waals surface area contributed by atoms with E-state index in [0.29, 0.717) is 37.9 Å². The quantitative estimate of drug-likeness (QED) is 0.493. The van der Waals surface area contributed by atoms with Crippen molar-refractivity contribution in [3.8, 4) is 5.75 Å². The molecule has 0 bridgehead atoms. The molecule has 0 unspecified atom stereocenters. The summed E-state index contributed by atoms with van der Waals surface area (Å²) in [6.07, 6.45) is 7.82. The Morgan fingerprint density at radius 3 is 2.68 bits per heavy atom. The lowest BCUT2D eigenvalue weighted by Gasteiger charge is -2.23. The first-order valence-corrected chi connectivity index (χ1v) is 12.2. The van der Waals surface area contributed by atoms with E-state index < -0.39 is 0 Å². The van der Waals surface area contributed by atoms with Crippen LogP contribution in [0.25, 0.3) is 0 Å². The topological polar surface area (TPSA) is 96.5 Å². The maximum Gasteiger partial charge on any atom is 0.251 e. The third-order valence-electron chi connectivity index (χ3n) is 6.49. The molecule has 0 saturated heterocycles. The van der Waals surface area contributed by atoms with Crippen molar-refractivity contribution < 1.29 is 19.1 Å². The van der Waals surface area contributed by atoms with Crippen LogP contribution in [0, 0.1) is 6.92 Å². The number of fused-ring (bicyclic) bond motifs is 1. The fraction of sp³-hybridized carbons (Fsp3) is 0.444. The van der Waals surface area contributed by atoms with Crippen molar-refractivity contribution in [2.75, 3.05) is 17.2 Å². The van der Waals surface area contributed by atoms with Crippen LogP contribution in [-0.4, -0.2) is 30.4 Å². The Bertz CT molecular complexity index is 1060. The lowest BCUT2D eigenvalue weighted by molar-refractivity contribution is -0.117. The number of aryl methyl sites for hydroxylation is 2. The summed E-state index contributed by atoms with van der Waals surface area (Å²) in [5.41, 5.74) is 4.12. The minimum absolute atomic E-state index is 0.0415. The van der Waals surface area contributed by atoms with Crippen LogP contribution in [-0.2, 0) is 16.0 Å². The predicted molar refractivity (Wildman–Crippen MR) is 132 cm³/mol. The minimum atomic E-state index is -0.0840. The maximum absolute atomic E-state index is 12.6. The van der Waals surface area contributed by atoms with Gasteiger partial charge in [-0.25, -0.2) is 0 Å². The van der Waals surface area contributed by atoms with Crippen LogP contribution in [0.2, 0.25) is 0 Å². The first-order chi connectivity index (χ1) is 16.5. The first-order valence-electron chi connectivity index (χ1n) is 12.2. The van der Waals surface area contributed by atoms with Gasteiger partial charge in [-0.05, 0) is 80.1 Å². The maximum atomic E-state index is 12.6.